The molecule has 2 aromatic rings. The van der Waals surface area contributed by atoms with Crippen molar-refractivity contribution in [3.05, 3.63) is 41.9 Å². The zero-order valence-electron chi connectivity index (χ0n) is 13.8. The minimum Gasteiger partial charge on any atom is -0.496 e. The maximum absolute atomic E-state index is 12.4. The molecule has 1 amide bonds. The van der Waals surface area contributed by atoms with Crippen LogP contribution in [0.15, 0.2) is 34.9 Å². The topological polar surface area (TPSA) is 61.1 Å². The number of carbonyl (C=O) groups excluding carboxylic acids is 1. The number of carbonyl (C=O) groups is 1. The van der Waals surface area contributed by atoms with Crippen molar-refractivity contribution in [2.75, 3.05) is 27.1 Å². The van der Waals surface area contributed by atoms with Crippen LogP contribution in [0.5, 0.6) is 17.2 Å². The summed E-state index contributed by atoms with van der Waals surface area (Å²) in [7, 11) is 4.77. The van der Waals surface area contributed by atoms with Crippen LogP contribution in [0.25, 0.3) is 0 Å². The number of furan rings is 1. The number of hydrogen-bond donors (Lipinski definition) is 0. The number of rotatable bonds is 6. The molecule has 24 heavy (non-hydrogen) atoms. The highest BCUT2D eigenvalue weighted by atomic mass is 32.2. The molecular weight excluding hydrogens is 330 g/mol. The van der Waals surface area contributed by atoms with Gasteiger partial charge in [0.15, 0.2) is 0 Å². The van der Waals surface area contributed by atoms with Crippen LogP contribution in [0.3, 0.4) is 0 Å². The highest BCUT2D eigenvalue weighted by molar-refractivity contribution is 8.00. The van der Waals surface area contributed by atoms with Gasteiger partial charge in [-0.15, -0.1) is 11.8 Å². The van der Waals surface area contributed by atoms with Crippen LogP contribution in [0.2, 0.25) is 0 Å². The smallest absolute Gasteiger partial charge is 0.234 e. The molecular formula is C17H19NO5S. The first-order valence-electron chi connectivity index (χ1n) is 7.41. The minimum absolute atomic E-state index is 0.0568. The van der Waals surface area contributed by atoms with E-state index >= 15 is 0 Å². The SMILES string of the molecule is COc1cc(OC)c(C2SCC(=O)N2Cc2ccco2)c(OC)c1. The summed E-state index contributed by atoms with van der Waals surface area (Å²) in [5, 5.41) is -0.210. The third-order valence-electron chi connectivity index (χ3n) is 3.87. The molecule has 0 saturated carbocycles. The molecule has 3 rings (SSSR count). The van der Waals surface area contributed by atoms with E-state index in [1.165, 1.54) is 11.8 Å². The summed E-state index contributed by atoms with van der Waals surface area (Å²) in [6, 6.07) is 7.26. The lowest BCUT2D eigenvalue weighted by molar-refractivity contribution is -0.128. The molecule has 6 nitrogen and oxygen atoms in total. The van der Waals surface area contributed by atoms with Crippen molar-refractivity contribution in [1.82, 2.24) is 4.90 Å². The summed E-state index contributed by atoms with van der Waals surface area (Å²) < 4.78 is 21.7. The Bertz CT molecular complexity index is 691. The number of benzene rings is 1. The Labute approximate surface area is 144 Å². The molecule has 1 fully saturated rings. The lowest BCUT2D eigenvalue weighted by atomic mass is 10.1. The first-order chi connectivity index (χ1) is 11.7. The first kappa shape index (κ1) is 16.6. The summed E-state index contributed by atoms with van der Waals surface area (Å²) >= 11 is 1.54. The van der Waals surface area contributed by atoms with Gasteiger partial charge in [-0.25, -0.2) is 0 Å². The quantitative estimate of drug-likeness (QED) is 0.799. The molecule has 1 aliphatic heterocycles. The lowest BCUT2D eigenvalue weighted by Crippen LogP contribution is -2.28. The minimum atomic E-state index is -0.210. The number of hydrogen-bond acceptors (Lipinski definition) is 6. The van der Waals surface area contributed by atoms with Crippen LogP contribution in [-0.4, -0.2) is 37.9 Å². The molecule has 2 heterocycles. The van der Waals surface area contributed by atoms with Gasteiger partial charge in [0.1, 0.15) is 28.4 Å². The van der Waals surface area contributed by atoms with E-state index in [9.17, 15) is 4.79 Å². The average molecular weight is 349 g/mol. The van der Waals surface area contributed by atoms with Gasteiger partial charge in [-0.3, -0.25) is 4.79 Å². The predicted octanol–water partition coefficient (Wildman–Crippen LogP) is 3.08. The second-order valence-corrected chi connectivity index (χ2v) is 6.28. The average Bonchev–Trinajstić information content (AvgIpc) is 3.24. The summed E-state index contributed by atoms with van der Waals surface area (Å²) in [5.41, 5.74) is 0.822. The second kappa shape index (κ2) is 7.09. The fourth-order valence-corrected chi connectivity index (χ4v) is 3.95. The molecule has 0 bridgehead atoms. The number of ether oxygens (including phenoxy) is 3. The zero-order valence-corrected chi connectivity index (χ0v) is 14.6. The Morgan fingerprint density at radius 2 is 1.92 bits per heavy atom. The molecule has 0 N–H and O–H groups in total. The molecule has 1 unspecified atom stereocenters. The Morgan fingerprint density at radius 1 is 1.21 bits per heavy atom. The van der Waals surface area contributed by atoms with Gasteiger partial charge >= 0.3 is 0 Å². The van der Waals surface area contributed by atoms with Crippen molar-refractivity contribution in [1.29, 1.82) is 0 Å². The summed E-state index contributed by atoms with van der Waals surface area (Å²) in [6.07, 6.45) is 1.60. The summed E-state index contributed by atoms with van der Waals surface area (Å²) in [5.74, 6) is 3.10. The number of nitrogens with zero attached hydrogens (tertiary/aromatic N) is 1. The lowest BCUT2D eigenvalue weighted by Gasteiger charge is -2.26. The third-order valence-corrected chi connectivity index (χ3v) is 5.09. The monoisotopic (exact) mass is 349 g/mol. The molecule has 1 aromatic carbocycles. The van der Waals surface area contributed by atoms with Crippen molar-refractivity contribution in [3.63, 3.8) is 0 Å². The van der Waals surface area contributed by atoms with Crippen molar-refractivity contribution in [3.8, 4) is 17.2 Å². The number of amides is 1. The first-order valence-corrected chi connectivity index (χ1v) is 8.46. The predicted molar refractivity (Wildman–Crippen MR) is 90.6 cm³/mol. The third kappa shape index (κ3) is 3.03. The summed E-state index contributed by atoms with van der Waals surface area (Å²) in [4.78, 5) is 14.1. The van der Waals surface area contributed by atoms with Gasteiger partial charge in [0.05, 0.1) is 45.5 Å². The van der Waals surface area contributed by atoms with E-state index in [4.69, 9.17) is 18.6 Å². The molecule has 0 radical (unpaired) electrons. The molecule has 1 saturated heterocycles. The molecule has 0 spiro atoms. The molecule has 1 atom stereocenters. The van der Waals surface area contributed by atoms with Gasteiger partial charge in [-0.05, 0) is 12.1 Å². The van der Waals surface area contributed by atoms with Gasteiger partial charge < -0.3 is 23.5 Å². The Kier molecular flexibility index (Phi) is 4.89. The van der Waals surface area contributed by atoms with Gasteiger partial charge in [-0.1, -0.05) is 0 Å². The van der Waals surface area contributed by atoms with Crippen LogP contribution in [0.1, 0.15) is 16.7 Å². The van der Waals surface area contributed by atoms with Crippen LogP contribution in [0, 0.1) is 0 Å². The molecule has 0 aliphatic carbocycles. The van der Waals surface area contributed by atoms with Gasteiger partial charge in [0.2, 0.25) is 5.91 Å². The van der Waals surface area contributed by atoms with Crippen molar-refractivity contribution in [2.24, 2.45) is 0 Å². The van der Waals surface area contributed by atoms with E-state index in [1.807, 2.05) is 12.1 Å². The summed E-state index contributed by atoms with van der Waals surface area (Å²) in [6.45, 7) is 0.405. The molecule has 1 aromatic heterocycles. The van der Waals surface area contributed by atoms with E-state index in [0.717, 1.165) is 11.3 Å². The van der Waals surface area contributed by atoms with E-state index in [-0.39, 0.29) is 11.3 Å². The van der Waals surface area contributed by atoms with Gasteiger partial charge in [-0.2, -0.15) is 0 Å². The van der Waals surface area contributed by atoms with Crippen molar-refractivity contribution < 1.29 is 23.4 Å². The van der Waals surface area contributed by atoms with E-state index in [0.29, 0.717) is 29.5 Å². The highest BCUT2D eigenvalue weighted by Gasteiger charge is 2.37. The maximum Gasteiger partial charge on any atom is 0.234 e. The van der Waals surface area contributed by atoms with E-state index in [2.05, 4.69) is 0 Å². The largest absolute Gasteiger partial charge is 0.496 e. The number of methoxy groups -OCH3 is 3. The van der Waals surface area contributed by atoms with Crippen LogP contribution < -0.4 is 14.2 Å². The zero-order chi connectivity index (χ0) is 17.1. The Hall–Kier alpha value is -2.28. The Balaban J connectivity index is 2.01. The van der Waals surface area contributed by atoms with Crippen molar-refractivity contribution >= 4 is 17.7 Å². The van der Waals surface area contributed by atoms with Crippen LogP contribution in [0.4, 0.5) is 0 Å². The fourth-order valence-electron chi connectivity index (χ4n) is 2.71. The molecule has 1 aliphatic rings. The van der Waals surface area contributed by atoms with Crippen molar-refractivity contribution in [2.45, 2.75) is 11.9 Å². The van der Waals surface area contributed by atoms with E-state index < -0.39 is 0 Å². The second-order valence-electron chi connectivity index (χ2n) is 5.21. The molecule has 128 valence electrons. The fraction of sp³-hybridized carbons (Fsp3) is 0.353. The molecule has 7 heteroatoms. The van der Waals surface area contributed by atoms with Gasteiger partial charge in [0.25, 0.3) is 0 Å². The highest BCUT2D eigenvalue weighted by Crippen LogP contribution is 2.48. The van der Waals surface area contributed by atoms with Crippen LogP contribution >= 0.6 is 11.8 Å². The standard InChI is InChI=1S/C17H19NO5S/c1-20-12-7-13(21-2)16(14(8-12)22-3)17-18(15(19)10-24-17)9-11-5-4-6-23-11/h4-8,17H,9-10H2,1-3H3. The normalized spacial score (nSPS) is 17.2. The maximum atomic E-state index is 12.4. The van der Waals surface area contributed by atoms with E-state index in [1.54, 1.807) is 44.6 Å². The number of thioether (sulfide) groups is 1. The van der Waals surface area contributed by atoms with Gasteiger partial charge in [0, 0.05) is 12.1 Å². The van der Waals surface area contributed by atoms with Crippen LogP contribution in [-0.2, 0) is 11.3 Å². The Morgan fingerprint density at radius 3 is 2.46 bits per heavy atom.